The molecule has 25 heavy (non-hydrogen) atoms. The average Bonchev–Trinajstić information content (AvgIpc) is 2.66. The number of nitrogens with two attached hydrogens (primary N) is 1. The molecule has 146 valence electrons. The fraction of sp³-hybridized carbons (Fsp3) is 0.800. The largest absolute Gasteiger partial charge is 0.368 e. The predicted molar refractivity (Wildman–Crippen MR) is 104 cm³/mol. The number of rotatable bonds is 4. The van der Waals surface area contributed by atoms with Gasteiger partial charge >= 0.3 is 0 Å². The predicted octanol–water partition coefficient (Wildman–Crippen LogP) is 0.498. The normalized spacial score (nSPS) is 28.7. The first-order valence-corrected chi connectivity index (χ1v) is 8.94. The highest BCUT2D eigenvalue weighted by Crippen LogP contribution is 2.45. The SMILES string of the molecule is CN[C@@H](C)C(=O)NC1CCSC2CC(C)(C)C(C(N)=O)N2C1=O.Cl.Cl. The maximum atomic E-state index is 12.9. The topological polar surface area (TPSA) is 105 Å². The average molecular weight is 415 g/mol. The smallest absolute Gasteiger partial charge is 0.246 e. The van der Waals surface area contributed by atoms with Crippen LogP contribution in [0.3, 0.4) is 0 Å². The van der Waals surface area contributed by atoms with E-state index in [4.69, 9.17) is 5.73 Å². The second-order valence-corrected chi connectivity index (χ2v) is 8.21. The van der Waals surface area contributed by atoms with Crippen molar-refractivity contribution in [3.63, 3.8) is 0 Å². The zero-order valence-corrected chi connectivity index (χ0v) is 17.4. The standard InChI is InChI=1S/C15H26N4O3S.2ClH/c1-8(17-4)13(21)18-9-5-6-23-10-7-15(2,3)11(12(16)20)19(10)14(9)22;;/h8-11,17H,5-7H2,1-4H3,(H2,16,20)(H,18,21);2*1H/t8-,9?,10?,11?;;/m0../s1. The first-order chi connectivity index (χ1) is 10.7. The van der Waals surface area contributed by atoms with Crippen molar-refractivity contribution in [3.8, 4) is 0 Å². The van der Waals surface area contributed by atoms with E-state index in [1.807, 2.05) is 13.8 Å². The van der Waals surface area contributed by atoms with Crippen molar-refractivity contribution in [1.29, 1.82) is 0 Å². The van der Waals surface area contributed by atoms with Crippen molar-refractivity contribution in [2.75, 3.05) is 12.8 Å². The van der Waals surface area contributed by atoms with Crippen molar-refractivity contribution in [1.82, 2.24) is 15.5 Å². The van der Waals surface area contributed by atoms with Crippen molar-refractivity contribution >= 4 is 54.3 Å². The Labute approximate surface area is 165 Å². The highest BCUT2D eigenvalue weighted by atomic mass is 35.5. The van der Waals surface area contributed by atoms with E-state index in [-0.39, 0.29) is 53.5 Å². The zero-order valence-electron chi connectivity index (χ0n) is 14.9. The maximum Gasteiger partial charge on any atom is 0.246 e. The van der Waals surface area contributed by atoms with Gasteiger partial charge < -0.3 is 21.3 Å². The van der Waals surface area contributed by atoms with Gasteiger partial charge in [0, 0.05) is 0 Å². The van der Waals surface area contributed by atoms with Gasteiger partial charge in [0.05, 0.1) is 11.4 Å². The fourth-order valence-corrected chi connectivity index (χ4v) is 4.90. The van der Waals surface area contributed by atoms with Gasteiger partial charge in [0.15, 0.2) is 0 Å². The van der Waals surface area contributed by atoms with E-state index in [1.165, 1.54) is 0 Å². The summed E-state index contributed by atoms with van der Waals surface area (Å²) in [6.07, 6.45) is 1.29. The van der Waals surface area contributed by atoms with Gasteiger partial charge in [0.2, 0.25) is 17.7 Å². The van der Waals surface area contributed by atoms with E-state index in [0.717, 1.165) is 12.2 Å². The third-order valence-electron chi connectivity index (χ3n) is 4.71. The number of carbonyl (C=O) groups excluding carboxylic acids is 3. The van der Waals surface area contributed by atoms with Crippen molar-refractivity contribution in [2.45, 2.75) is 57.1 Å². The van der Waals surface area contributed by atoms with Gasteiger partial charge in [-0.05, 0) is 38.0 Å². The van der Waals surface area contributed by atoms with E-state index >= 15 is 0 Å². The molecule has 3 amide bonds. The molecule has 0 spiro atoms. The molecule has 3 unspecified atom stereocenters. The summed E-state index contributed by atoms with van der Waals surface area (Å²) < 4.78 is 0. The second-order valence-electron chi connectivity index (χ2n) is 6.93. The van der Waals surface area contributed by atoms with Gasteiger partial charge in [-0.1, -0.05) is 13.8 Å². The minimum Gasteiger partial charge on any atom is -0.368 e. The Hall–Kier alpha value is -0.700. The molecule has 0 radical (unpaired) electrons. The minimum atomic E-state index is -0.633. The Balaban J connectivity index is 0.00000288. The summed E-state index contributed by atoms with van der Waals surface area (Å²) in [7, 11) is 1.69. The summed E-state index contributed by atoms with van der Waals surface area (Å²) in [6, 6.07) is -1.62. The Kier molecular flexibility index (Phi) is 9.04. The number of carbonyl (C=O) groups is 3. The molecule has 0 aromatic heterocycles. The van der Waals surface area contributed by atoms with E-state index < -0.39 is 18.0 Å². The highest BCUT2D eigenvalue weighted by molar-refractivity contribution is 7.99. The van der Waals surface area contributed by atoms with Crippen LogP contribution in [0.15, 0.2) is 0 Å². The molecule has 0 aromatic rings. The molecule has 4 atom stereocenters. The summed E-state index contributed by atoms with van der Waals surface area (Å²) >= 11 is 1.66. The number of hydrogen-bond donors (Lipinski definition) is 3. The lowest BCUT2D eigenvalue weighted by Crippen LogP contribution is -2.57. The molecule has 0 saturated carbocycles. The lowest BCUT2D eigenvalue weighted by Gasteiger charge is -2.32. The third-order valence-corrected chi connectivity index (χ3v) is 5.96. The molecule has 7 nitrogen and oxygen atoms in total. The highest BCUT2D eigenvalue weighted by Gasteiger charge is 2.53. The molecule has 2 aliphatic heterocycles. The van der Waals surface area contributed by atoms with Crippen LogP contribution in [0.4, 0.5) is 0 Å². The lowest BCUT2D eigenvalue weighted by atomic mass is 9.84. The number of hydrogen-bond acceptors (Lipinski definition) is 5. The summed E-state index contributed by atoms with van der Waals surface area (Å²) in [6.45, 7) is 5.66. The summed E-state index contributed by atoms with van der Waals surface area (Å²) in [5.41, 5.74) is 5.21. The summed E-state index contributed by atoms with van der Waals surface area (Å²) in [4.78, 5) is 38.6. The van der Waals surface area contributed by atoms with Crippen LogP contribution in [-0.2, 0) is 14.4 Å². The monoisotopic (exact) mass is 414 g/mol. The van der Waals surface area contributed by atoms with Crippen LogP contribution < -0.4 is 16.4 Å². The Morgan fingerprint density at radius 2 is 1.96 bits per heavy atom. The fourth-order valence-electron chi connectivity index (χ4n) is 3.32. The maximum absolute atomic E-state index is 12.9. The van der Waals surface area contributed by atoms with Crippen LogP contribution in [0.2, 0.25) is 0 Å². The number of nitrogens with zero attached hydrogens (tertiary/aromatic N) is 1. The number of likely N-dealkylation sites (N-methyl/N-ethyl adjacent to an activating group) is 1. The van der Waals surface area contributed by atoms with E-state index in [0.29, 0.717) is 6.42 Å². The second kappa shape index (κ2) is 9.30. The van der Waals surface area contributed by atoms with Gasteiger partial charge in [0.1, 0.15) is 12.1 Å². The van der Waals surface area contributed by atoms with Gasteiger partial charge in [0.25, 0.3) is 0 Å². The molecule has 0 aromatic carbocycles. The first kappa shape index (κ1) is 24.3. The van der Waals surface area contributed by atoms with Crippen molar-refractivity contribution in [3.05, 3.63) is 0 Å². The number of halogens is 2. The molecule has 2 rings (SSSR count). The molecular formula is C15H28Cl2N4O3S. The van der Waals surface area contributed by atoms with E-state index in [2.05, 4.69) is 10.6 Å². The van der Waals surface area contributed by atoms with Gasteiger partial charge in [-0.2, -0.15) is 0 Å². The molecule has 10 heteroatoms. The number of amides is 3. The quantitative estimate of drug-likeness (QED) is 0.620. The Morgan fingerprint density at radius 1 is 1.36 bits per heavy atom. The Morgan fingerprint density at radius 3 is 2.48 bits per heavy atom. The molecule has 2 aliphatic rings. The van der Waals surface area contributed by atoms with Crippen LogP contribution in [0, 0.1) is 5.41 Å². The zero-order chi connectivity index (χ0) is 17.4. The van der Waals surface area contributed by atoms with Crippen LogP contribution in [0.5, 0.6) is 0 Å². The number of thioether (sulfide) groups is 1. The van der Waals surface area contributed by atoms with Crippen LogP contribution >= 0.6 is 36.6 Å². The molecule has 2 heterocycles. The third kappa shape index (κ3) is 4.93. The molecule has 0 bridgehead atoms. The van der Waals surface area contributed by atoms with Crippen molar-refractivity contribution < 1.29 is 14.4 Å². The van der Waals surface area contributed by atoms with Crippen LogP contribution in [0.1, 0.15) is 33.6 Å². The lowest BCUT2D eigenvalue weighted by molar-refractivity contribution is -0.142. The first-order valence-electron chi connectivity index (χ1n) is 7.89. The Bertz CT molecular complexity index is 521. The number of fused-ring (bicyclic) bond motifs is 1. The number of primary amides is 1. The molecule has 2 fully saturated rings. The van der Waals surface area contributed by atoms with Gasteiger partial charge in [-0.3, -0.25) is 14.4 Å². The molecule has 0 aliphatic carbocycles. The van der Waals surface area contributed by atoms with E-state index in [9.17, 15) is 14.4 Å². The van der Waals surface area contributed by atoms with Gasteiger partial charge in [-0.25, -0.2) is 0 Å². The molecule has 4 N–H and O–H groups in total. The number of nitrogens with one attached hydrogen (secondary N) is 2. The minimum absolute atomic E-state index is 0. The van der Waals surface area contributed by atoms with Crippen LogP contribution in [-0.4, -0.2) is 58.9 Å². The van der Waals surface area contributed by atoms with E-state index in [1.54, 1.807) is 30.6 Å². The van der Waals surface area contributed by atoms with Crippen LogP contribution in [0.25, 0.3) is 0 Å². The molecule has 2 saturated heterocycles. The van der Waals surface area contributed by atoms with Gasteiger partial charge in [-0.15, -0.1) is 36.6 Å². The van der Waals surface area contributed by atoms with Crippen molar-refractivity contribution in [2.24, 2.45) is 11.1 Å². The summed E-state index contributed by atoms with van der Waals surface area (Å²) in [5, 5.41) is 5.60. The summed E-state index contributed by atoms with van der Waals surface area (Å²) in [5.74, 6) is -0.149. The molecular weight excluding hydrogens is 387 g/mol.